The Morgan fingerprint density at radius 3 is 2.38 bits per heavy atom. The number of nitrogens with zero attached hydrogens (tertiary/aromatic N) is 1. The molecular weight excluding hydrogens is 442 g/mol. The van der Waals surface area contributed by atoms with Gasteiger partial charge in [-0.15, -0.1) is 0 Å². The molecule has 1 aliphatic heterocycles. The molecule has 1 saturated heterocycles. The second-order valence-corrected chi connectivity index (χ2v) is 9.28. The fraction of sp³-hybridized carbons (Fsp3) is 0.316. The molecule has 2 atom stereocenters. The summed E-state index contributed by atoms with van der Waals surface area (Å²) < 4.78 is 47.2. The second kappa shape index (κ2) is 8.47. The van der Waals surface area contributed by atoms with Gasteiger partial charge in [-0.2, -0.15) is 0 Å². The van der Waals surface area contributed by atoms with Crippen LogP contribution in [0.5, 0.6) is 0 Å². The Labute approximate surface area is 178 Å². The normalized spacial score (nSPS) is 19.8. The van der Waals surface area contributed by atoms with Crippen LogP contribution in [0.2, 0.25) is 10.0 Å². The maximum absolute atomic E-state index is 13.9. The van der Waals surface area contributed by atoms with Crippen molar-refractivity contribution in [3.05, 3.63) is 57.8 Å². The van der Waals surface area contributed by atoms with Gasteiger partial charge in [-0.05, 0) is 38.1 Å². The minimum atomic E-state index is -4.27. The summed E-state index contributed by atoms with van der Waals surface area (Å²) >= 11 is 12.3. The van der Waals surface area contributed by atoms with Crippen molar-refractivity contribution >= 4 is 44.8 Å². The molecule has 1 amide bonds. The second-order valence-electron chi connectivity index (χ2n) is 6.82. The first-order chi connectivity index (χ1) is 13.6. The van der Waals surface area contributed by atoms with Gasteiger partial charge in [-0.3, -0.25) is 9.52 Å². The third kappa shape index (κ3) is 4.83. The largest absolute Gasteiger partial charge is 0.372 e. The van der Waals surface area contributed by atoms with Crippen LogP contribution in [0.25, 0.3) is 0 Å². The molecular formula is C19H19Cl2FN2O4S. The molecule has 0 radical (unpaired) electrons. The number of para-hydroxylation sites is 1. The molecule has 0 spiro atoms. The van der Waals surface area contributed by atoms with E-state index in [1.807, 2.05) is 13.8 Å². The van der Waals surface area contributed by atoms with Gasteiger partial charge in [0.1, 0.15) is 10.7 Å². The van der Waals surface area contributed by atoms with Gasteiger partial charge in [0.25, 0.3) is 15.9 Å². The molecule has 1 aliphatic rings. The number of benzene rings is 2. The van der Waals surface area contributed by atoms with Crippen LogP contribution in [0.1, 0.15) is 24.2 Å². The monoisotopic (exact) mass is 460 g/mol. The summed E-state index contributed by atoms with van der Waals surface area (Å²) in [4.78, 5) is 14.2. The Balaban J connectivity index is 1.97. The number of anilines is 1. The lowest BCUT2D eigenvalue weighted by atomic mass is 10.1. The zero-order valence-corrected chi connectivity index (χ0v) is 18.0. The molecule has 1 heterocycles. The molecule has 0 unspecified atom stereocenters. The van der Waals surface area contributed by atoms with E-state index in [0.717, 1.165) is 12.1 Å². The maximum atomic E-state index is 13.9. The Morgan fingerprint density at radius 1 is 1.14 bits per heavy atom. The molecule has 0 aromatic heterocycles. The van der Waals surface area contributed by atoms with Gasteiger partial charge in [0.15, 0.2) is 0 Å². The zero-order chi connectivity index (χ0) is 21.3. The minimum absolute atomic E-state index is 0.00808. The smallest absolute Gasteiger partial charge is 0.263 e. The Hall–Kier alpha value is -1.87. The lowest BCUT2D eigenvalue weighted by Gasteiger charge is -2.35. The molecule has 6 nitrogen and oxygen atoms in total. The summed E-state index contributed by atoms with van der Waals surface area (Å²) in [5.41, 5.74) is -0.242. The number of rotatable bonds is 4. The number of hydrogen-bond acceptors (Lipinski definition) is 4. The van der Waals surface area contributed by atoms with E-state index in [4.69, 9.17) is 27.9 Å². The van der Waals surface area contributed by atoms with Crippen molar-refractivity contribution in [1.29, 1.82) is 0 Å². The van der Waals surface area contributed by atoms with Gasteiger partial charge >= 0.3 is 0 Å². The van der Waals surface area contributed by atoms with Crippen LogP contribution in [-0.2, 0) is 14.8 Å². The number of ether oxygens (including phenoxy) is 1. The van der Waals surface area contributed by atoms with Gasteiger partial charge in [-0.1, -0.05) is 35.3 Å². The van der Waals surface area contributed by atoms with Crippen LogP contribution in [0, 0.1) is 5.82 Å². The molecule has 1 fully saturated rings. The molecule has 156 valence electrons. The molecule has 3 rings (SSSR count). The van der Waals surface area contributed by atoms with E-state index >= 15 is 0 Å². The number of hydrogen-bond donors (Lipinski definition) is 1. The lowest BCUT2D eigenvalue weighted by molar-refractivity contribution is -0.0586. The van der Waals surface area contributed by atoms with Gasteiger partial charge in [0, 0.05) is 13.1 Å². The van der Waals surface area contributed by atoms with E-state index in [1.54, 1.807) is 4.90 Å². The summed E-state index contributed by atoms with van der Waals surface area (Å²) in [6, 6.07) is 7.63. The van der Waals surface area contributed by atoms with E-state index in [1.165, 1.54) is 24.3 Å². The van der Waals surface area contributed by atoms with Crippen LogP contribution in [0.4, 0.5) is 10.1 Å². The fourth-order valence-electron chi connectivity index (χ4n) is 3.16. The summed E-state index contributed by atoms with van der Waals surface area (Å²) in [7, 11) is -4.27. The third-order valence-corrected chi connectivity index (χ3v) is 6.51. The van der Waals surface area contributed by atoms with Crippen molar-refractivity contribution in [3.63, 3.8) is 0 Å². The van der Waals surface area contributed by atoms with Crippen molar-refractivity contribution in [3.8, 4) is 0 Å². The minimum Gasteiger partial charge on any atom is -0.372 e. The molecule has 1 N–H and O–H groups in total. The van der Waals surface area contributed by atoms with E-state index in [9.17, 15) is 17.6 Å². The van der Waals surface area contributed by atoms with Crippen molar-refractivity contribution in [1.82, 2.24) is 4.90 Å². The molecule has 29 heavy (non-hydrogen) atoms. The number of nitrogens with one attached hydrogen (secondary N) is 1. The average molecular weight is 461 g/mol. The number of carbonyl (C=O) groups is 1. The Kier molecular flexibility index (Phi) is 6.38. The Morgan fingerprint density at radius 2 is 1.76 bits per heavy atom. The highest BCUT2D eigenvalue weighted by Gasteiger charge is 2.30. The standard InChI is InChI=1S/C19H19Cl2FN2O4S/c1-11-9-24(10-12(2)28-11)19(25)13-7-18(15(21)8-14(13)20)29(26,27)23-17-6-4-3-5-16(17)22/h3-8,11-12,23H,9-10H2,1-2H3/t11-,12-/m1/s1. The predicted molar refractivity (Wildman–Crippen MR) is 110 cm³/mol. The van der Waals surface area contributed by atoms with Crippen molar-refractivity contribution < 1.29 is 22.3 Å². The van der Waals surface area contributed by atoms with Crippen LogP contribution in [-0.4, -0.2) is 44.5 Å². The molecule has 10 heteroatoms. The SMILES string of the molecule is C[C@@H]1CN(C(=O)c2cc(S(=O)(=O)Nc3ccccc3F)c(Cl)cc2Cl)C[C@@H](C)O1. The first kappa shape index (κ1) is 21.8. The lowest BCUT2D eigenvalue weighted by Crippen LogP contribution is -2.48. The third-order valence-electron chi connectivity index (χ3n) is 4.37. The number of amides is 1. The number of carbonyl (C=O) groups excluding carboxylic acids is 1. The van der Waals surface area contributed by atoms with E-state index in [0.29, 0.717) is 13.1 Å². The van der Waals surface area contributed by atoms with Gasteiger partial charge < -0.3 is 9.64 Å². The first-order valence-corrected chi connectivity index (χ1v) is 11.0. The zero-order valence-electron chi connectivity index (χ0n) is 15.7. The van der Waals surface area contributed by atoms with Crippen LogP contribution >= 0.6 is 23.2 Å². The predicted octanol–water partition coefficient (Wildman–Crippen LogP) is 4.18. The highest BCUT2D eigenvalue weighted by molar-refractivity contribution is 7.92. The van der Waals surface area contributed by atoms with Gasteiger partial charge in [0.05, 0.1) is 33.5 Å². The molecule has 2 aromatic carbocycles. The summed E-state index contributed by atoms with van der Waals surface area (Å²) in [6.45, 7) is 4.37. The molecule has 2 aromatic rings. The van der Waals surface area contributed by atoms with Crippen molar-refractivity contribution in [2.75, 3.05) is 17.8 Å². The van der Waals surface area contributed by atoms with Crippen LogP contribution in [0.3, 0.4) is 0 Å². The van der Waals surface area contributed by atoms with E-state index < -0.39 is 21.7 Å². The molecule has 0 aliphatic carbocycles. The Bertz CT molecular complexity index is 1040. The molecule has 0 saturated carbocycles. The summed E-state index contributed by atoms with van der Waals surface area (Å²) in [5, 5.41) is -0.157. The quantitative estimate of drug-likeness (QED) is 0.742. The van der Waals surface area contributed by atoms with Crippen molar-refractivity contribution in [2.24, 2.45) is 0 Å². The van der Waals surface area contributed by atoms with Crippen LogP contribution < -0.4 is 4.72 Å². The van der Waals surface area contributed by atoms with Gasteiger partial charge in [0.2, 0.25) is 0 Å². The first-order valence-electron chi connectivity index (χ1n) is 8.79. The topological polar surface area (TPSA) is 75.7 Å². The average Bonchev–Trinajstić information content (AvgIpc) is 2.62. The van der Waals surface area contributed by atoms with Gasteiger partial charge in [-0.25, -0.2) is 12.8 Å². The highest BCUT2D eigenvalue weighted by Crippen LogP contribution is 2.31. The number of morpholine rings is 1. The number of halogens is 3. The fourth-order valence-corrected chi connectivity index (χ4v) is 5.08. The van der Waals surface area contributed by atoms with E-state index in [2.05, 4.69) is 4.72 Å². The summed E-state index contributed by atoms with van der Waals surface area (Å²) in [6.07, 6.45) is -0.334. The summed E-state index contributed by atoms with van der Waals surface area (Å²) in [5.74, 6) is -1.18. The van der Waals surface area contributed by atoms with Crippen molar-refractivity contribution in [2.45, 2.75) is 31.0 Å². The molecule has 0 bridgehead atoms. The maximum Gasteiger partial charge on any atom is 0.263 e. The highest BCUT2D eigenvalue weighted by atomic mass is 35.5. The van der Waals surface area contributed by atoms with E-state index in [-0.39, 0.29) is 38.4 Å². The number of sulfonamides is 1. The van der Waals surface area contributed by atoms with Crippen LogP contribution in [0.15, 0.2) is 41.3 Å².